The number of hydrogen-bond acceptors (Lipinski definition) is 3. The topological polar surface area (TPSA) is 37.4 Å². The van der Waals surface area contributed by atoms with Crippen LogP contribution in [-0.2, 0) is 4.79 Å². The van der Waals surface area contributed by atoms with Gasteiger partial charge in [0.25, 0.3) is 0 Å². The van der Waals surface area contributed by atoms with E-state index in [0.29, 0.717) is 17.8 Å². The van der Waals surface area contributed by atoms with Gasteiger partial charge in [-0.1, -0.05) is 12.1 Å². The van der Waals surface area contributed by atoms with E-state index in [0.717, 1.165) is 5.69 Å². The molecule has 1 aromatic carbocycles. The minimum Gasteiger partial charge on any atom is -0.330 e. The van der Waals surface area contributed by atoms with E-state index < -0.39 is 0 Å². The van der Waals surface area contributed by atoms with Gasteiger partial charge in [-0.3, -0.25) is 9.59 Å². The van der Waals surface area contributed by atoms with Crippen molar-refractivity contribution in [2.75, 3.05) is 11.4 Å². The summed E-state index contributed by atoms with van der Waals surface area (Å²) in [5, 5.41) is 0. The highest BCUT2D eigenvalue weighted by Crippen LogP contribution is 2.36. The van der Waals surface area contributed by atoms with E-state index in [2.05, 4.69) is 0 Å². The van der Waals surface area contributed by atoms with Gasteiger partial charge in [0, 0.05) is 11.6 Å². The summed E-state index contributed by atoms with van der Waals surface area (Å²) < 4.78 is 0. The third kappa shape index (κ3) is 0.763. The minimum atomic E-state index is -0.0357. The highest BCUT2D eigenvalue weighted by atomic mass is 16.1. The second-order valence-electron chi connectivity index (χ2n) is 3.43. The van der Waals surface area contributed by atoms with E-state index in [1.54, 1.807) is 11.0 Å². The van der Waals surface area contributed by atoms with E-state index in [4.69, 9.17) is 0 Å². The first-order valence-electron chi connectivity index (χ1n) is 4.43. The van der Waals surface area contributed by atoms with Gasteiger partial charge >= 0.3 is 0 Å². The molecule has 0 amide bonds. The van der Waals surface area contributed by atoms with E-state index in [1.165, 1.54) is 6.08 Å². The van der Waals surface area contributed by atoms with Gasteiger partial charge in [-0.15, -0.1) is 0 Å². The fourth-order valence-corrected chi connectivity index (χ4v) is 1.96. The molecule has 0 bridgehead atoms. The lowest BCUT2D eigenvalue weighted by molar-refractivity contribution is -0.112. The van der Waals surface area contributed by atoms with Gasteiger partial charge in [-0.25, -0.2) is 0 Å². The van der Waals surface area contributed by atoms with E-state index in [9.17, 15) is 9.59 Å². The molecule has 68 valence electrons. The van der Waals surface area contributed by atoms with Gasteiger partial charge in [-0.2, -0.15) is 0 Å². The molecular formula is C11H7NO2. The molecule has 2 aliphatic heterocycles. The highest BCUT2D eigenvalue weighted by Gasteiger charge is 2.36. The van der Waals surface area contributed by atoms with Gasteiger partial charge in [0.1, 0.15) is 0 Å². The predicted molar refractivity (Wildman–Crippen MR) is 51.2 cm³/mol. The third-order valence-electron chi connectivity index (χ3n) is 2.57. The lowest BCUT2D eigenvalue weighted by Crippen LogP contribution is -2.18. The first-order chi connectivity index (χ1) is 6.77. The zero-order valence-electron chi connectivity index (χ0n) is 7.36. The van der Waals surface area contributed by atoms with Crippen molar-refractivity contribution in [1.82, 2.24) is 0 Å². The van der Waals surface area contributed by atoms with Crippen LogP contribution in [0.4, 0.5) is 5.69 Å². The number of benzene rings is 1. The molecule has 1 aromatic rings. The molecule has 0 aliphatic carbocycles. The molecule has 3 nitrogen and oxygen atoms in total. The molecule has 0 saturated heterocycles. The number of carbonyl (C=O) groups excluding carboxylic acids is 2. The molecule has 2 aliphatic rings. The Hall–Kier alpha value is -1.90. The Morgan fingerprint density at radius 3 is 2.79 bits per heavy atom. The van der Waals surface area contributed by atoms with E-state index in [1.807, 2.05) is 18.2 Å². The van der Waals surface area contributed by atoms with Crippen molar-refractivity contribution in [3.63, 3.8) is 0 Å². The Labute approximate surface area is 80.6 Å². The second kappa shape index (κ2) is 2.32. The quantitative estimate of drug-likeness (QED) is 0.608. The first-order valence-corrected chi connectivity index (χ1v) is 4.43. The molecular weight excluding hydrogens is 178 g/mol. The van der Waals surface area contributed by atoms with Crippen LogP contribution in [0.5, 0.6) is 0 Å². The maximum atomic E-state index is 11.8. The molecule has 0 fully saturated rings. The van der Waals surface area contributed by atoms with Gasteiger partial charge in [-0.05, 0) is 12.1 Å². The van der Waals surface area contributed by atoms with Crippen molar-refractivity contribution >= 4 is 17.3 Å². The van der Waals surface area contributed by atoms with E-state index >= 15 is 0 Å². The zero-order chi connectivity index (χ0) is 9.71. The number of carbonyl (C=O) groups is 2. The number of Topliss-reactive ketones (excluding diaryl/α,β-unsaturated/α-hetero) is 1. The van der Waals surface area contributed by atoms with Gasteiger partial charge in [0.2, 0.25) is 5.78 Å². The SMILES string of the molecule is O=C1C=C2C(=O)c3ccccc3N2C1. The fourth-order valence-electron chi connectivity index (χ4n) is 1.96. The van der Waals surface area contributed by atoms with Crippen molar-refractivity contribution in [2.45, 2.75) is 0 Å². The lowest BCUT2D eigenvalue weighted by Gasteiger charge is -2.12. The summed E-state index contributed by atoms with van der Waals surface area (Å²) in [6.07, 6.45) is 1.43. The summed E-state index contributed by atoms with van der Waals surface area (Å²) in [7, 11) is 0. The van der Waals surface area contributed by atoms with Crippen molar-refractivity contribution in [3.8, 4) is 0 Å². The maximum Gasteiger partial charge on any atom is 0.211 e. The first kappa shape index (κ1) is 7.50. The third-order valence-corrected chi connectivity index (χ3v) is 2.57. The minimum absolute atomic E-state index is 0.00264. The number of para-hydroxylation sites is 1. The summed E-state index contributed by atoms with van der Waals surface area (Å²) in [4.78, 5) is 24.7. The number of allylic oxidation sites excluding steroid dienone is 1. The molecule has 0 unspecified atom stereocenters. The standard InChI is InChI=1S/C11H7NO2/c13-7-5-10-11(14)8-3-1-2-4-9(8)12(10)6-7/h1-5H,6H2. The molecule has 3 rings (SSSR count). The summed E-state index contributed by atoms with van der Waals surface area (Å²) in [5.41, 5.74) is 2.08. The van der Waals surface area contributed by atoms with Crippen LogP contribution in [0.1, 0.15) is 10.4 Å². The van der Waals surface area contributed by atoms with Crippen LogP contribution in [0.3, 0.4) is 0 Å². The highest BCUT2D eigenvalue weighted by molar-refractivity contribution is 6.24. The summed E-state index contributed by atoms with van der Waals surface area (Å²) in [5.74, 6) is -0.0331. The van der Waals surface area contributed by atoms with Gasteiger partial charge < -0.3 is 4.90 Å². The van der Waals surface area contributed by atoms with Crippen molar-refractivity contribution in [2.24, 2.45) is 0 Å². The van der Waals surface area contributed by atoms with Crippen LogP contribution in [0.25, 0.3) is 0 Å². The average Bonchev–Trinajstić information content (AvgIpc) is 2.68. The summed E-state index contributed by atoms with van der Waals surface area (Å²) in [6.45, 7) is 0.304. The normalized spacial score (nSPS) is 18.3. The Morgan fingerprint density at radius 1 is 1.14 bits per heavy atom. The number of hydrogen-bond donors (Lipinski definition) is 0. The van der Waals surface area contributed by atoms with Crippen LogP contribution in [0, 0.1) is 0 Å². The van der Waals surface area contributed by atoms with Crippen LogP contribution in [0.2, 0.25) is 0 Å². The molecule has 0 spiro atoms. The monoisotopic (exact) mass is 185 g/mol. The number of rotatable bonds is 0. The second-order valence-corrected chi connectivity index (χ2v) is 3.43. The Morgan fingerprint density at radius 2 is 1.93 bits per heavy atom. The number of fused-ring (bicyclic) bond motifs is 3. The zero-order valence-corrected chi connectivity index (χ0v) is 7.36. The fraction of sp³-hybridized carbons (Fsp3) is 0.0909. The van der Waals surface area contributed by atoms with Crippen LogP contribution >= 0.6 is 0 Å². The summed E-state index contributed by atoms with van der Waals surface area (Å²) in [6, 6.07) is 7.37. The van der Waals surface area contributed by atoms with Crippen LogP contribution in [0.15, 0.2) is 36.0 Å². The Kier molecular flexibility index (Phi) is 1.24. The molecule has 0 atom stereocenters. The lowest BCUT2D eigenvalue weighted by atomic mass is 10.1. The number of nitrogens with zero attached hydrogens (tertiary/aromatic N) is 1. The Bertz CT molecular complexity index is 488. The van der Waals surface area contributed by atoms with Crippen LogP contribution < -0.4 is 4.90 Å². The van der Waals surface area contributed by atoms with Crippen molar-refractivity contribution in [1.29, 1.82) is 0 Å². The number of ketones is 2. The average molecular weight is 185 g/mol. The molecule has 0 aromatic heterocycles. The molecule has 2 heterocycles. The molecule has 0 N–H and O–H groups in total. The van der Waals surface area contributed by atoms with Crippen molar-refractivity contribution < 1.29 is 9.59 Å². The smallest absolute Gasteiger partial charge is 0.211 e. The number of anilines is 1. The van der Waals surface area contributed by atoms with Crippen LogP contribution in [-0.4, -0.2) is 18.1 Å². The van der Waals surface area contributed by atoms with E-state index in [-0.39, 0.29) is 11.6 Å². The van der Waals surface area contributed by atoms with Crippen molar-refractivity contribution in [3.05, 3.63) is 41.6 Å². The molecule has 3 heteroatoms. The predicted octanol–water partition coefficient (Wildman–Crippen LogP) is 1.16. The molecule has 14 heavy (non-hydrogen) atoms. The van der Waals surface area contributed by atoms with Gasteiger partial charge in [0.15, 0.2) is 5.78 Å². The van der Waals surface area contributed by atoms with Gasteiger partial charge in [0.05, 0.1) is 17.9 Å². The molecule has 0 radical (unpaired) electrons. The summed E-state index contributed by atoms with van der Waals surface area (Å²) >= 11 is 0. The Balaban J connectivity index is 2.25. The maximum absolute atomic E-state index is 11.8. The molecule has 0 saturated carbocycles. The largest absolute Gasteiger partial charge is 0.330 e.